The molecule has 30 heavy (non-hydrogen) atoms. The number of anilines is 1. The molecule has 1 aromatic heterocycles. The fourth-order valence-electron chi connectivity index (χ4n) is 3.52. The Morgan fingerprint density at radius 1 is 1.17 bits per heavy atom. The highest BCUT2D eigenvalue weighted by Crippen LogP contribution is 2.44. The maximum Gasteiger partial charge on any atom is 0.414 e. The normalized spacial score (nSPS) is 13.4. The molecule has 0 spiro atoms. The number of rotatable bonds is 7. The lowest BCUT2D eigenvalue weighted by atomic mass is 9.98. The molecular weight excluding hydrogens is 404 g/mol. The Labute approximate surface area is 177 Å². The summed E-state index contributed by atoms with van der Waals surface area (Å²) in [6.45, 7) is 1.96. The van der Waals surface area contributed by atoms with Gasteiger partial charge in [-0.05, 0) is 28.7 Å². The zero-order chi connectivity index (χ0) is 21.1. The van der Waals surface area contributed by atoms with Gasteiger partial charge in [0.05, 0.1) is 0 Å². The summed E-state index contributed by atoms with van der Waals surface area (Å²) >= 11 is 1.02. The van der Waals surface area contributed by atoms with Crippen LogP contribution < -0.4 is 5.32 Å². The van der Waals surface area contributed by atoms with Gasteiger partial charge in [0.25, 0.3) is 0 Å². The Morgan fingerprint density at radius 2 is 1.80 bits per heavy atom. The Bertz CT molecular complexity index is 1040. The molecule has 0 aliphatic heterocycles. The first kappa shape index (κ1) is 20.0. The van der Waals surface area contributed by atoms with Crippen LogP contribution in [0.25, 0.3) is 11.1 Å². The van der Waals surface area contributed by atoms with Crippen molar-refractivity contribution in [2.24, 2.45) is 0 Å². The molecule has 1 atom stereocenters. The van der Waals surface area contributed by atoms with Crippen molar-refractivity contribution in [2.45, 2.75) is 29.7 Å². The Morgan fingerprint density at radius 3 is 2.40 bits per heavy atom. The number of fused-ring (bicyclic) bond motifs is 3. The summed E-state index contributed by atoms with van der Waals surface area (Å²) in [6.07, 6.45) is -0.223. The van der Waals surface area contributed by atoms with Crippen molar-refractivity contribution in [3.8, 4) is 11.1 Å². The van der Waals surface area contributed by atoms with Gasteiger partial charge in [0.15, 0.2) is 0 Å². The zero-order valence-electron chi connectivity index (χ0n) is 16.2. The van der Waals surface area contributed by atoms with E-state index in [2.05, 4.69) is 32.6 Å². The number of carbonyl (C=O) groups excluding carboxylic acids is 1. The van der Waals surface area contributed by atoms with E-state index in [1.807, 2.05) is 36.4 Å². The molecule has 1 heterocycles. The smallest absolute Gasteiger partial charge is 0.414 e. The van der Waals surface area contributed by atoms with Gasteiger partial charge >= 0.3 is 12.1 Å². The molecule has 0 saturated carbocycles. The molecule has 4 rings (SSSR count). The predicted molar refractivity (Wildman–Crippen MR) is 113 cm³/mol. The van der Waals surface area contributed by atoms with E-state index in [4.69, 9.17) is 9.84 Å². The van der Waals surface area contributed by atoms with Crippen LogP contribution in [0.15, 0.2) is 53.7 Å². The fraction of sp³-hybridized carbons (Fsp3) is 0.238. The lowest BCUT2D eigenvalue weighted by Gasteiger charge is -2.14. The number of carboxylic acids is 1. The first-order valence-corrected chi connectivity index (χ1v) is 10.4. The number of aromatic amines is 1. The lowest BCUT2D eigenvalue weighted by molar-refractivity contribution is -0.136. The number of aromatic nitrogens is 3. The number of H-pyrrole nitrogens is 1. The van der Waals surface area contributed by atoms with Crippen LogP contribution in [-0.4, -0.2) is 44.2 Å². The van der Waals surface area contributed by atoms with Gasteiger partial charge in [0, 0.05) is 5.92 Å². The van der Waals surface area contributed by atoms with Gasteiger partial charge < -0.3 is 9.84 Å². The third-order valence-corrected chi connectivity index (χ3v) is 6.14. The molecule has 3 N–H and O–H groups in total. The summed E-state index contributed by atoms with van der Waals surface area (Å²) in [5, 5.41) is 17.7. The number of nitrogens with one attached hydrogen (secondary N) is 2. The molecule has 1 aliphatic carbocycles. The average molecular weight is 424 g/mol. The van der Waals surface area contributed by atoms with Gasteiger partial charge in [-0.2, -0.15) is 4.98 Å². The van der Waals surface area contributed by atoms with Crippen LogP contribution >= 0.6 is 11.8 Å². The third-order valence-electron chi connectivity index (χ3n) is 4.92. The van der Waals surface area contributed by atoms with Gasteiger partial charge in [-0.25, -0.2) is 9.89 Å². The van der Waals surface area contributed by atoms with Crippen molar-refractivity contribution in [3.63, 3.8) is 0 Å². The lowest BCUT2D eigenvalue weighted by Crippen LogP contribution is -2.18. The number of carboxylic acid groups (broad SMARTS) is 1. The second kappa shape index (κ2) is 8.58. The topological polar surface area (TPSA) is 117 Å². The molecule has 0 saturated heterocycles. The van der Waals surface area contributed by atoms with Crippen molar-refractivity contribution >= 4 is 29.8 Å². The van der Waals surface area contributed by atoms with Gasteiger partial charge in [-0.3, -0.25) is 10.1 Å². The van der Waals surface area contributed by atoms with Crippen LogP contribution in [0, 0.1) is 0 Å². The summed E-state index contributed by atoms with van der Waals surface area (Å²) in [4.78, 5) is 27.5. The van der Waals surface area contributed by atoms with Crippen molar-refractivity contribution in [1.82, 2.24) is 15.2 Å². The van der Waals surface area contributed by atoms with E-state index in [0.29, 0.717) is 6.42 Å². The van der Waals surface area contributed by atoms with Crippen molar-refractivity contribution in [1.29, 1.82) is 0 Å². The average Bonchev–Trinajstić information content (AvgIpc) is 3.32. The van der Waals surface area contributed by atoms with Crippen LogP contribution in [0.2, 0.25) is 0 Å². The first-order valence-electron chi connectivity index (χ1n) is 9.50. The number of benzene rings is 2. The number of carbonyl (C=O) groups is 2. The van der Waals surface area contributed by atoms with E-state index in [1.165, 1.54) is 0 Å². The summed E-state index contributed by atoms with van der Waals surface area (Å²) in [5.74, 6) is -0.863. The Hall–Kier alpha value is -3.33. The van der Waals surface area contributed by atoms with Crippen LogP contribution in [0.1, 0.15) is 30.4 Å². The standard InChI is InChI=1S/C21H20N4O4S/c1-2-17(18(26)27)30-20-22-19(24-25-20)23-21(28)29-11-16-14-9-5-3-7-12(14)13-8-4-6-10-15(13)16/h3-10,16-17H,2,11H2,1H3,(H,26,27)(H2,22,23,24,25,28). The van der Waals surface area contributed by atoms with Crippen LogP contribution in [0.4, 0.5) is 10.7 Å². The highest BCUT2D eigenvalue weighted by molar-refractivity contribution is 8.00. The van der Waals surface area contributed by atoms with E-state index >= 15 is 0 Å². The SMILES string of the molecule is CCC(Sc1n[nH]c(NC(=O)OCC2c3ccccc3-c3ccccc32)n1)C(=O)O. The molecule has 3 aromatic rings. The van der Waals surface area contributed by atoms with Crippen LogP contribution in [0.5, 0.6) is 0 Å². The summed E-state index contributed by atoms with van der Waals surface area (Å²) < 4.78 is 5.45. The maximum absolute atomic E-state index is 12.3. The Balaban J connectivity index is 1.39. The second-order valence-corrected chi connectivity index (χ2v) is 7.94. The van der Waals surface area contributed by atoms with Gasteiger partial charge in [0.1, 0.15) is 11.9 Å². The molecule has 1 unspecified atom stereocenters. The molecule has 154 valence electrons. The minimum atomic E-state index is -0.932. The van der Waals surface area contributed by atoms with E-state index in [0.717, 1.165) is 34.0 Å². The van der Waals surface area contributed by atoms with E-state index in [9.17, 15) is 9.59 Å². The fourth-order valence-corrected chi connectivity index (χ4v) is 4.29. The minimum absolute atomic E-state index is 0.0372. The molecule has 1 aliphatic rings. The number of amides is 1. The summed E-state index contributed by atoms with van der Waals surface area (Å²) in [5.41, 5.74) is 4.57. The number of aliphatic carboxylic acids is 1. The first-order chi connectivity index (χ1) is 14.6. The van der Waals surface area contributed by atoms with Crippen molar-refractivity contribution in [3.05, 3.63) is 59.7 Å². The highest BCUT2D eigenvalue weighted by atomic mass is 32.2. The second-order valence-electron chi connectivity index (χ2n) is 6.77. The molecule has 0 radical (unpaired) electrons. The summed E-state index contributed by atoms with van der Waals surface area (Å²) in [7, 11) is 0. The monoisotopic (exact) mass is 424 g/mol. The van der Waals surface area contributed by atoms with Gasteiger partial charge in [-0.1, -0.05) is 67.2 Å². The maximum atomic E-state index is 12.3. The van der Waals surface area contributed by atoms with E-state index in [-0.39, 0.29) is 23.6 Å². The molecule has 9 heteroatoms. The van der Waals surface area contributed by atoms with Crippen LogP contribution in [-0.2, 0) is 9.53 Å². The molecule has 0 fully saturated rings. The number of ether oxygens (including phenoxy) is 1. The number of nitrogens with zero attached hydrogens (tertiary/aromatic N) is 2. The molecule has 1 amide bonds. The molecular formula is C21H20N4O4S. The van der Waals surface area contributed by atoms with Gasteiger partial charge in [-0.15, -0.1) is 5.10 Å². The number of hydrogen-bond donors (Lipinski definition) is 3. The van der Waals surface area contributed by atoms with Crippen LogP contribution in [0.3, 0.4) is 0 Å². The molecule has 2 aromatic carbocycles. The van der Waals surface area contributed by atoms with Crippen molar-refractivity contribution < 1.29 is 19.4 Å². The minimum Gasteiger partial charge on any atom is -0.480 e. The zero-order valence-corrected chi connectivity index (χ0v) is 17.0. The van der Waals surface area contributed by atoms with Crippen molar-refractivity contribution in [2.75, 3.05) is 11.9 Å². The number of thioether (sulfide) groups is 1. The highest BCUT2D eigenvalue weighted by Gasteiger charge is 2.29. The van der Waals surface area contributed by atoms with Gasteiger partial charge in [0.2, 0.25) is 11.1 Å². The molecule has 8 nitrogen and oxygen atoms in total. The predicted octanol–water partition coefficient (Wildman–Crippen LogP) is 4.12. The summed E-state index contributed by atoms with van der Waals surface area (Å²) in [6, 6.07) is 16.2. The molecule has 0 bridgehead atoms. The van der Waals surface area contributed by atoms with E-state index < -0.39 is 17.3 Å². The van der Waals surface area contributed by atoms with E-state index in [1.54, 1.807) is 6.92 Å². The third kappa shape index (κ3) is 4.02. The quantitative estimate of drug-likeness (QED) is 0.488. The Kier molecular flexibility index (Phi) is 5.71. The number of hydrogen-bond acceptors (Lipinski definition) is 6. The largest absolute Gasteiger partial charge is 0.480 e.